The monoisotopic (exact) mass is 151 g/mol. The second-order valence-electron chi connectivity index (χ2n) is 2.35. The van der Waals surface area contributed by atoms with Gasteiger partial charge in [-0.2, -0.15) is 0 Å². The van der Waals surface area contributed by atoms with Crippen LogP contribution < -0.4 is 4.84 Å². The van der Waals surface area contributed by atoms with Crippen LogP contribution in [0.15, 0.2) is 0 Å². The maximum Gasteiger partial charge on any atom is 0.0604 e. The summed E-state index contributed by atoms with van der Waals surface area (Å²) < 4.78 is 5.19. The van der Waals surface area contributed by atoms with E-state index in [4.69, 9.17) is 16.5 Å². The first-order valence-corrected chi connectivity index (χ1v) is 3.56. The zero-order valence-corrected chi connectivity index (χ0v) is 6.74. The molecule has 0 aliphatic carbocycles. The van der Waals surface area contributed by atoms with Gasteiger partial charge in [-0.25, -0.2) is 4.84 Å². The molecule has 0 bridgehead atoms. The molecule has 0 aromatic rings. The van der Waals surface area contributed by atoms with Gasteiger partial charge in [-0.3, -0.25) is 0 Å². The molecule has 0 saturated carbocycles. The van der Waals surface area contributed by atoms with E-state index in [0.717, 1.165) is 6.61 Å². The van der Waals surface area contributed by atoms with Crippen molar-refractivity contribution in [1.82, 2.24) is 4.84 Å². The van der Waals surface area contributed by atoms with Gasteiger partial charge in [0.2, 0.25) is 0 Å². The molecule has 0 aliphatic rings. The predicted molar refractivity (Wildman–Crippen MR) is 39.5 cm³/mol. The molecule has 56 valence electrons. The van der Waals surface area contributed by atoms with E-state index in [9.17, 15) is 0 Å². The lowest BCUT2D eigenvalue weighted by atomic mass is 10.2. The van der Waals surface area contributed by atoms with Gasteiger partial charge in [-0.15, -0.1) is 0 Å². The van der Waals surface area contributed by atoms with Gasteiger partial charge >= 0.3 is 0 Å². The first kappa shape index (κ1) is 9.21. The van der Waals surface area contributed by atoms with Crippen molar-refractivity contribution in [3.05, 3.63) is 0 Å². The molecule has 0 radical (unpaired) electrons. The summed E-state index contributed by atoms with van der Waals surface area (Å²) in [6.45, 7) is 6.47. The summed E-state index contributed by atoms with van der Waals surface area (Å²) in [5.74, 6) is 0.611. The number of hydrogen-bond acceptors (Lipinski definition) is 2. The summed E-state index contributed by atoms with van der Waals surface area (Å²) >= 11 is 5.19. The van der Waals surface area contributed by atoms with Crippen LogP contribution in [-0.4, -0.2) is 19.8 Å². The predicted octanol–water partition coefficient (Wildman–Crippen LogP) is 1.40. The van der Waals surface area contributed by atoms with Crippen LogP contribution in [0.2, 0.25) is 0 Å². The van der Waals surface area contributed by atoms with Crippen molar-refractivity contribution < 1.29 is 4.74 Å². The number of rotatable bonds is 5. The lowest BCUT2D eigenvalue weighted by Crippen LogP contribution is -2.12. The maximum absolute atomic E-state index is 5.19. The minimum absolute atomic E-state index is 0.611. The molecule has 0 saturated heterocycles. The Hall–Kier alpha value is 0.210. The molecule has 0 atom stereocenters. The third-order valence-electron chi connectivity index (χ3n) is 0.792. The standard InChI is InChI=1S/C6H14ClNO/c1-6(2)5-9-4-3-8-7/h6,8H,3-5H2,1-2H3. The zero-order chi connectivity index (χ0) is 7.11. The molecule has 0 aromatic heterocycles. The number of halogens is 1. The van der Waals surface area contributed by atoms with E-state index < -0.39 is 0 Å². The lowest BCUT2D eigenvalue weighted by molar-refractivity contribution is 0.115. The van der Waals surface area contributed by atoms with Crippen LogP contribution in [0.5, 0.6) is 0 Å². The SMILES string of the molecule is CC(C)COCCNCl. The average Bonchev–Trinajstić information content (AvgIpc) is 1.80. The van der Waals surface area contributed by atoms with Crippen molar-refractivity contribution in [1.29, 1.82) is 0 Å². The van der Waals surface area contributed by atoms with Crippen molar-refractivity contribution in [2.45, 2.75) is 13.8 Å². The van der Waals surface area contributed by atoms with Crippen LogP contribution in [0.25, 0.3) is 0 Å². The fourth-order valence-electron chi connectivity index (χ4n) is 0.430. The normalized spacial score (nSPS) is 10.7. The van der Waals surface area contributed by atoms with Crippen molar-refractivity contribution >= 4 is 11.8 Å². The molecule has 0 unspecified atom stereocenters. The Morgan fingerprint density at radius 3 is 2.67 bits per heavy atom. The molecule has 0 rings (SSSR count). The molecule has 3 heteroatoms. The van der Waals surface area contributed by atoms with E-state index in [1.54, 1.807) is 0 Å². The van der Waals surface area contributed by atoms with Crippen LogP contribution in [0, 0.1) is 5.92 Å². The number of nitrogens with one attached hydrogen (secondary N) is 1. The zero-order valence-electron chi connectivity index (χ0n) is 5.98. The topological polar surface area (TPSA) is 21.3 Å². The van der Waals surface area contributed by atoms with Crippen molar-refractivity contribution in [2.75, 3.05) is 19.8 Å². The summed E-state index contributed by atoms with van der Waals surface area (Å²) in [5.41, 5.74) is 0. The van der Waals surface area contributed by atoms with E-state index in [1.807, 2.05) is 0 Å². The van der Waals surface area contributed by atoms with E-state index >= 15 is 0 Å². The Kier molecular flexibility index (Phi) is 6.48. The lowest BCUT2D eigenvalue weighted by Gasteiger charge is -2.04. The minimum Gasteiger partial charge on any atom is -0.380 e. The summed E-state index contributed by atoms with van der Waals surface area (Å²) in [7, 11) is 0. The highest BCUT2D eigenvalue weighted by atomic mass is 35.5. The van der Waals surface area contributed by atoms with E-state index in [1.165, 1.54) is 0 Å². The molecule has 1 N–H and O–H groups in total. The molecule has 9 heavy (non-hydrogen) atoms. The van der Waals surface area contributed by atoms with Gasteiger partial charge in [0, 0.05) is 13.2 Å². The maximum atomic E-state index is 5.19. The summed E-state index contributed by atoms with van der Waals surface area (Å²) in [5, 5.41) is 0. The fourth-order valence-corrected chi connectivity index (χ4v) is 0.507. The molecule has 0 amide bonds. The summed E-state index contributed by atoms with van der Waals surface area (Å²) in [6, 6.07) is 0. The molecular weight excluding hydrogens is 138 g/mol. The first-order valence-electron chi connectivity index (χ1n) is 3.18. The highest BCUT2D eigenvalue weighted by Gasteiger charge is 1.91. The highest BCUT2D eigenvalue weighted by Crippen LogP contribution is 1.90. The van der Waals surface area contributed by atoms with Crippen LogP contribution in [0.3, 0.4) is 0 Å². The van der Waals surface area contributed by atoms with Gasteiger partial charge in [0.15, 0.2) is 0 Å². The van der Waals surface area contributed by atoms with Crippen molar-refractivity contribution in [3.8, 4) is 0 Å². The highest BCUT2D eigenvalue weighted by molar-refractivity contribution is 6.13. The van der Waals surface area contributed by atoms with Gasteiger partial charge in [0.25, 0.3) is 0 Å². The van der Waals surface area contributed by atoms with Crippen molar-refractivity contribution in [2.24, 2.45) is 5.92 Å². The van der Waals surface area contributed by atoms with Crippen LogP contribution in [-0.2, 0) is 4.74 Å². The molecule has 0 spiro atoms. The van der Waals surface area contributed by atoms with Gasteiger partial charge < -0.3 is 4.74 Å². The third kappa shape index (κ3) is 8.21. The van der Waals surface area contributed by atoms with Crippen LogP contribution >= 0.6 is 11.8 Å². The molecule has 0 aliphatic heterocycles. The van der Waals surface area contributed by atoms with E-state index in [2.05, 4.69) is 18.7 Å². The number of ether oxygens (including phenoxy) is 1. The Morgan fingerprint density at radius 1 is 1.56 bits per heavy atom. The van der Waals surface area contributed by atoms with Crippen LogP contribution in [0.4, 0.5) is 0 Å². The second kappa shape index (κ2) is 6.33. The van der Waals surface area contributed by atoms with Crippen LogP contribution in [0.1, 0.15) is 13.8 Å². The fraction of sp³-hybridized carbons (Fsp3) is 1.00. The van der Waals surface area contributed by atoms with Gasteiger partial charge in [-0.05, 0) is 17.7 Å². The largest absolute Gasteiger partial charge is 0.380 e. The Balaban J connectivity index is 2.75. The molecule has 0 fully saturated rings. The Bertz CT molecular complexity index is 59.0. The molecule has 0 aromatic carbocycles. The quantitative estimate of drug-likeness (QED) is 0.474. The van der Waals surface area contributed by atoms with E-state index in [-0.39, 0.29) is 0 Å². The number of hydrogen-bond donors (Lipinski definition) is 1. The summed E-state index contributed by atoms with van der Waals surface area (Å²) in [6.07, 6.45) is 0. The molecule has 2 nitrogen and oxygen atoms in total. The van der Waals surface area contributed by atoms with Gasteiger partial charge in [0.1, 0.15) is 0 Å². The third-order valence-corrected chi connectivity index (χ3v) is 0.981. The first-order chi connectivity index (χ1) is 4.27. The summed E-state index contributed by atoms with van der Waals surface area (Å²) in [4.78, 5) is 2.49. The van der Waals surface area contributed by atoms with E-state index in [0.29, 0.717) is 19.1 Å². The smallest absolute Gasteiger partial charge is 0.0604 e. The average molecular weight is 152 g/mol. The molecular formula is C6H14ClNO. The Morgan fingerprint density at radius 2 is 2.22 bits per heavy atom. The van der Waals surface area contributed by atoms with Gasteiger partial charge in [-0.1, -0.05) is 13.8 Å². The van der Waals surface area contributed by atoms with Gasteiger partial charge in [0.05, 0.1) is 6.61 Å². The van der Waals surface area contributed by atoms with Crippen molar-refractivity contribution in [3.63, 3.8) is 0 Å². The second-order valence-corrected chi connectivity index (χ2v) is 2.62. The Labute approximate surface area is 61.6 Å². The molecule has 0 heterocycles. The minimum atomic E-state index is 0.611.